The molecule has 0 fully saturated rings. The Kier molecular flexibility index (Phi) is 2.82. The van der Waals surface area contributed by atoms with Crippen LogP contribution < -0.4 is 4.74 Å². The lowest BCUT2D eigenvalue weighted by Gasteiger charge is -2.05. The van der Waals surface area contributed by atoms with Crippen LogP contribution in [0.2, 0.25) is 0 Å². The van der Waals surface area contributed by atoms with Gasteiger partial charge in [-0.1, -0.05) is 5.16 Å². The van der Waals surface area contributed by atoms with Gasteiger partial charge in [0.15, 0.2) is 5.76 Å². The first-order valence-corrected chi connectivity index (χ1v) is 4.96. The lowest BCUT2D eigenvalue weighted by Crippen LogP contribution is -1.96. The number of rotatable bonds is 3. The summed E-state index contributed by atoms with van der Waals surface area (Å²) < 4.78 is 10.1. The molecule has 0 radical (unpaired) electrons. The molecule has 88 valence electrons. The van der Waals surface area contributed by atoms with Crippen LogP contribution in [0.15, 0.2) is 28.9 Å². The maximum absolute atomic E-state index is 10.9. The highest BCUT2D eigenvalue weighted by Crippen LogP contribution is 2.28. The Hall–Kier alpha value is -2.30. The molecule has 0 aliphatic carbocycles. The number of aryl methyl sites for hydroxylation is 1. The fraction of sp³-hybridized carbons (Fsp3) is 0.167. The van der Waals surface area contributed by atoms with Crippen molar-refractivity contribution in [3.63, 3.8) is 0 Å². The molecule has 0 bridgehead atoms. The Bertz CT molecular complexity index is 559. The first-order valence-electron chi connectivity index (χ1n) is 4.96. The molecular formula is C12H11NO4. The third kappa shape index (κ3) is 1.99. The number of hydrogen-bond acceptors (Lipinski definition) is 4. The van der Waals surface area contributed by atoms with Crippen molar-refractivity contribution >= 4 is 5.97 Å². The summed E-state index contributed by atoms with van der Waals surface area (Å²) in [6.07, 6.45) is 1.19. The number of carboxylic acids is 1. The smallest absolute Gasteiger partial charge is 0.341 e. The van der Waals surface area contributed by atoms with Gasteiger partial charge in [0.2, 0.25) is 0 Å². The van der Waals surface area contributed by atoms with Gasteiger partial charge in [-0.05, 0) is 30.7 Å². The number of hydrogen-bond donors (Lipinski definition) is 1. The zero-order chi connectivity index (χ0) is 12.4. The number of carboxylic acid groups (broad SMARTS) is 1. The Balaban J connectivity index is 2.50. The number of methoxy groups -OCH3 is 1. The highest BCUT2D eigenvalue weighted by atomic mass is 16.5. The van der Waals surface area contributed by atoms with Crippen molar-refractivity contribution in [2.45, 2.75) is 6.92 Å². The molecular weight excluding hydrogens is 222 g/mol. The molecule has 0 spiro atoms. The molecule has 0 saturated carbocycles. The summed E-state index contributed by atoms with van der Waals surface area (Å²) in [6.45, 7) is 1.87. The quantitative estimate of drug-likeness (QED) is 0.880. The van der Waals surface area contributed by atoms with Crippen molar-refractivity contribution in [3.05, 3.63) is 35.5 Å². The van der Waals surface area contributed by atoms with E-state index >= 15 is 0 Å². The summed E-state index contributed by atoms with van der Waals surface area (Å²) in [6, 6.07) is 5.30. The summed E-state index contributed by atoms with van der Waals surface area (Å²) in [5.41, 5.74) is 1.62. The lowest BCUT2D eigenvalue weighted by atomic mass is 10.1. The van der Waals surface area contributed by atoms with E-state index in [1.165, 1.54) is 6.20 Å². The second-order valence-electron chi connectivity index (χ2n) is 3.56. The van der Waals surface area contributed by atoms with Gasteiger partial charge in [-0.3, -0.25) is 0 Å². The maximum atomic E-state index is 10.9. The minimum Gasteiger partial charge on any atom is -0.496 e. The van der Waals surface area contributed by atoms with Crippen LogP contribution >= 0.6 is 0 Å². The van der Waals surface area contributed by atoms with Crippen molar-refractivity contribution in [2.75, 3.05) is 7.11 Å². The van der Waals surface area contributed by atoms with Crippen molar-refractivity contribution in [1.82, 2.24) is 5.16 Å². The van der Waals surface area contributed by atoms with E-state index in [1.54, 1.807) is 25.3 Å². The normalized spacial score (nSPS) is 10.2. The Morgan fingerprint density at radius 3 is 2.82 bits per heavy atom. The molecule has 1 N–H and O–H groups in total. The molecule has 1 aromatic heterocycles. The van der Waals surface area contributed by atoms with Crippen LogP contribution in [0.1, 0.15) is 15.9 Å². The zero-order valence-electron chi connectivity index (χ0n) is 9.43. The monoisotopic (exact) mass is 233 g/mol. The highest BCUT2D eigenvalue weighted by molar-refractivity contribution is 5.93. The van der Waals surface area contributed by atoms with Crippen molar-refractivity contribution in [3.8, 4) is 17.1 Å². The van der Waals surface area contributed by atoms with E-state index < -0.39 is 5.97 Å². The highest BCUT2D eigenvalue weighted by Gasteiger charge is 2.17. The molecule has 1 aromatic carbocycles. The van der Waals surface area contributed by atoms with Gasteiger partial charge in [-0.2, -0.15) is 0 Å². The SMILES string of the molecule is COc1ccc(-c2oncc2C(=O)O)cc1C. The molecule has 0 saturated heterocycles. The lowest BCUT2D eigenvalue weighted by molar-refractivity contribution is 0.0697. The summed E-state index contributed by atoms with van der Waals surface area (Å²) in [5.74, 6) is -0.0666. The summed E-state index contributed by atoms with van der Waals surface area (Å²) in [5, 5.41) is 12.5. The van der Waals surface area contributed by atoms with E-state index in [9.17, 15) is 4.79 Å². The molecule has 5 heteroatoms. The minimum absolute atomic E-state index is 0.0505. The van der Waals surface area contributed by atoms with E-state index in [1.807, 2.05) is 6.92 Å². The first-order chi connectivity index (χ1) is 8.13. The van der Waals surface area contributed by atoms with E-state index in [2.05, 4.69) is 5.16 Å². The van der Waals surface area contributed by atoms with Gasteiger partial charge < -0.3 is 14.4 Å². The average Bonchev–Trinajstić information content (AvgIpc) is 2.77. The third-order valence-electron chi connectivity index (χ3n) is 2.46. The summed E-state index contributed by atoms with van der Waals surface area (Å²) in [4.78, 5) is 10.9. The van der Waals surface area contributed by atoms with Crippen LogP contribution in [-0.4, -0.2) is 23.3 Å². The predicted molar refractivity (Wildman–Crippen MR) is 60.2 cm³/mol. The van der Waals surface area contributed by atoms with Gasteiger partial charge in [-0.25, -0.2) is 4.79 Å². The molecule has 0 aliphatic rings. The Morgan fingerprint density at radius 2 is 2.24 bits per heavy atom. The summed E-state index contributed by atoms with van der Waals surface area (Å²) in [7, 11) is 1.58. The molecule has 0 amide bonds. The topological polar surface area (TPSA) is 72.6 Å². The zero-order valence-corrected chi connectivity index (χ0v) is 9.43. The second kappa shape index (κ2) is 4.29. The number of aromatic nitrogens is 1. The van der Waals surface area contributed by atoms with Crippen molar-refractivity contribution in [2.24, 2.45) is 0 Å². The van der Waals surface area contributed by atoms with Crippen LogP contribution in [0.25, 0.3) is 11.3 Å². The van der Waals surface area contributed by atoms with Gasteiger partial charge in [0, 0.05) is 5.56 Å². The van der Waals surface area contributed by atoms with Crippen LogP contribution in [0.5, 0.6) is 5.75 Å². The molecule has 0 atom stereocenters. The molecule has 0 aliphatic heterocycles. The average molecular weight is 233 g/mol. The molecule has 17 heavy (non-hydrogen) atoms. The fourth-order valence-corrected chi connectivity index (χ4v) is 1.62. The number of ether oxygens (including phenoxy) is 1. The largest absolute Gasteiger partial charge is 0.496 e. The van der Waals surface area contributed by atoms with Gasteiger partial charge >= 0.3 is 5.97 Å². The second-order valence-corrected chi connectivity index (χ2v) is 3.56. The molecule has 2 aromatic rings. The number of nitrogens with zero attached hydrogens (tertiary/aromatic N) is 1. The number of carbonyl (C=O) groups is 1. The van der Waals surface area contributed by atoms with E-state index in [4.69, 9.17) is 14.4 Å². The molecule has 1 heterocycles. The van der Waals surface area contributed by atoms with E-state index in [0.717, 1.165) is 11.3 Å². The number of aromatic carboxylic acids is 1. The van der Waals surface area contributed by atoms with E-state index in [0.29, 0.717) is 5.56 Å². The fourth-order valence-electron chi connectivity index (χ4n) is 1.62. The Morgan fingerprint density at radius 1 is 1.47 bits per heavy atom. The van der Waals surface area contributed by atoms with Gasteiger partial charge in [0.05, 0.1) is 13.3 Å². The number of benzene rings is 1. The molecule has 0 unspecified atom stereocenters. The maximum Gasteiger partial charge on any atom is 0.341 e. The van der Waals surface area contributed by atoms with Crippen molar-refractivity contribution in [1.29, 1.82) is 0 Å². The standard InChI is InChI=1S/C12H11NO4/c1-7-5-8(3-4-10(7)16-2)11-9(12(14)15)6-13-17-11/h3-6H,1-2H3,(H,14,15). The van der Waals surface area contributed by atoms with Gasteiger partial charge in [0.1, 0.15) is 11.3 Å². The first kappa shape index (κ1) is 11.2. The molecule has 2 rings (SSSR count). The minimum atomic E-state index is -1.06. The van der Waals surface area contributed by atoms with Crippen molar-refractivity contribution < 1.29 is 19.2 Å². The molecule has 5 nitrogen and oxygen atoms in total. The van der Waals surface area contributed by atoms with Crippen LogP contribution in [0, 0.1) is 6.92 Å². The van der Waals surface area contributed by atoms with Gasteiger partial charge in [-0.15, -0.1) is 0 Å². The third-order valence-corrected chi connectivity index (χ3v) is 2.46. The van der Waals surface area contributed by atoms with E-state index in [-0.39, 0.29) is 11.3 Å². The van der Waals surface area contributed by atoms with Crippen LogP contribution in [0.4, 0.5) is 0 Å². The van der Waals surface area contributed by atoms with Gasteiger partial charge in [0.25, 0.3) is 0 Å². The predicted octanol–water partition coefficient (Wildman–Crippen LogP) is 2.36. The summed E-state index contributed by atoms with van der Waals surface area (Å²) >= 11 is 0. The van der Waals surface area contributed by atoms with Crippen LogP contribution in [-0.2, 0) is 0 Å². The van der Waals surface area contributed by atoms with Crippen LogP contribution in [0.3, 0.4) is 0 Å². The Labute approximate surface area is 97.6 Å².